The fraction of sp³-hybridized carbons (Fsp3) is 0.455. The molecule has 0 aliphatic carbocycles. The zero-order valence-corrected chi connectivity index (χ0v) is 18.5. The first-order chi connectivity index (χ1) is 14.9. The van der Waals surface area contributed by atoms with E-state index in [-0.39, 0.29) is 10.8 Å². The Labute approximate surface area is 183 Å². The number of piperidine rings is 1. The average Bonchev–Trinajstić information content (AvgIpc) is 2.81. The first-order valence-electron chi connectivity index (χ1n) is 10.6. The van der Waals surface area contributed by atoms with E-state index in [1.165, 1.54) is 28.6 Å². The predicted molar refractivity (Wildman–Crippen MR) is 119 cm³/mol. The number of carbonyl (C=O) groups excluding carboxylic acids is 1. The molecular weight excluding hydrogens is 416 g/mol. The molecular formula is C22H28N4O4S. The summed E-state index contributed by atoms with van der Waals surface area (Å²) in [7, 11) is -3.58. The quantitative estimate of drug-likeness (QED) is 0.762. The number of aromatic nitrogens is 1. The Morgan fingerprint density at radius 3 is 2.32 bits per heavy atom. The van der Waals surface area contributed by atoms with Crippen molar-refractivity contribution in [3.8, 4) is 0 Å². The summed E-state index contributed by atoms with van der Waals surface area (Å²) < 4.78 is 32.0. The molecule has 2 fully saturated rings. The van der Waals surface area contributed by atoms with Crippen LogP contribution >= 0.6 is 0 Å². The van der Waals surface area contributed by atoms with Crippen LogP contribution in [0.15, 0.2) is 47.5 Å². The number of anilines is 2. The molecule has 3 heterocycles. The van der Waals surface area contributed by atoms with Crippen LogP contribution in [-0.4, -0.2) is 63.0 Å². The number of carbonyl (C=O) groups is 1. The van der Waals surface area contributed by atoms with Gasteiger partial charge >= 0.3 is 0 Å². The summed E-state index contributed by atoms with van der Waals surface area (Å²) in [6.45, 7) is 5.73. The van der Waals surface area contributed by atoms with Gasteiger partial charge in [-0.1, -0.05) is 6.92 Å². The van der Waals surface area contributed by atoms with E-state index in [9.17, 15) is 13.2 Å². The second-order valence-electron chi connectivity index (χ2n) is 8.07. The molecule has 166 valence electrons. The zero-order chi connectivity index (χ0) is 21.8. The fourth-order valence-electron chi connectivity index (χ4n) is 3.80. The van der Waals surface area contributed by atoms with Gasteiger partial charge in [-0.15, -0.1) is 0 Å². The Kier molecular flexibility index (Phi) is 6.54. The smallest absolute Gasteiger partial charge is 0.255 e. The maximum absolute atomic E-state index is 12.7. The van der Waals surface area contributed by atoms with Gasteiger partial charge in [0.2, 0.25) is 10.0 Å². The molecule has 4 rings (SSSR count). The van der Waals surface area contributed by atoms with Crippen molar-refractivity contribution >= 4 is 27.4 Å². The maximum atomic E-state index is 12.7. The molecule has 2 aliphatic rings. The molecule has 8 nitrogen and oxygen atoms in total. The molecule has 2 saturated heterocycles. The lowest BCUT2D eigenvalue weighted by Gasteiger charge is -2.31. The SMILES string of the molecule is CC1CCN(c2ccc(NC(=O)c3ccc(S(=O)(=O)N4CCOCC4)cc3)cn2)CC1. The highest BCUT2D eigenvalue weighted by atomic mass is 32.2. The van der Waals surface area contributed by atoms with Gasteiger partial charge in [-0.05, 0) is 55.2 Å². The van der Waals surface area contributed by atoms with Crippen LogP contribution in [0.1, 0.15) is 30.1 Å². The Bertz CT molecular complexity index is 995. The normalized spacial score (nSPS) is 18.7. The third-order valence-corrected chi connectivity index (χ3v) is 7.75. The highest BCUT2D eigenvalue weighted by molar-refractivity contribution is 7.89. The van der Waals surface area contributed by atoms with Gasteiger partial charge in [-0.2, -0.15) is 4.31 Å². The number of benzene rings is 1. The van der Waals surface area contributed by atoms with E-state index in [1.54, 1.807) is 6.20 Å². The van der Waals surface area contributed by atoms with Crippen LogP contribution < -0.4 is 10.2 Å². The van der Waals surface area contributed by atoms with Crippen molar-refractivity contribution in [1.82, 2.24) is 9.29 Å². The molecule has 0 bridgehead atoms. The standard InChI is InChI=1S/C22H28N4O4S/c1-17-8-10-25(11-9-17)21-7-4-19(16-23-21)24-22(27)18-2-5-20(6-3-18)31(28,29)26-12-14-30-15-13-26/h2-7,16-17H,8-15H2,1H3,(H,24,27). The molecule has 2 aliphatic heterocycles. The molecule has 1 amide bonds. The number of nitrogens with one attached hydrogen (secondary N) is 1. The van der Waals surface area contributed by atoms with Crippen molar-refractivity contribution in [3.63, 3.8) is 0 Å². The summed E-state index contributed by atoms with van der Waals surface area (Å²) in [6.07, 6.45) is 3.98. The van der Waals surface area contributed by atoms with Gasteiger partial charge in [0.05, 0.1) is 30.0 Å². The van der Waals surface area contributed by atoms with Crippen molar-refractivity contribution in [2.24, 2.45) is 5.92 Å². The van der Waals surface area contributed by atoms with Crippen LogP contribution in [0.2, 0.25) is 0 Å². The molecule has 9 heteroatoms. The van der Waals surface area contributed by atoms with Crippen LogP contribution in [-0.2, 0) is 14.8 Å². The van der Waals surface area contributed by atoms with Gasteiger partial charge in [0.15, 0.2) is 0 Å². The number of morpholine rings is 1. The molecule has 0 radical (unpaired) electrons. The maximum Gasteiger partial charge on any atom is 0.255 e. The van der Waals surface area contributed by atoms with Crippen LogP contribution in [0, 0.1) is 5.92 Å². The molecule has 2 aromatic rings. The Balaban J connectivity index is 1.38. The second-order valence-corrected chi connectivity index (χ2v) is 10.0. The van der Waals surface area contributed by atoms with Crippen LogP contribution in [0.3, 0.4) is 0 Å². The molecule has 0 atom stereocenters. The number of rotatable bonds is 5. The van der Waals surface area contributed by atoms with Gasteiger partial charge in [-0.3, -0.25) is 4.79 Å². The zero-order valence-electron chi connectivity index (χ0n) is 17.7. The Morgan fingerprint density at radius 2 is 1.71 bits per heavy atom. The minimum atomic E-state index is -3.58. The van der Waals surface area contributed by atoms with E-state index >= 15 is 0 Å². The summed E-state index contributed by atoms with van der Waals surface area (Å²) in [4.78, 5) is 19.5. The Hall–Kier alpha value is -2.49. The van der Waals surface area contributed by atoms with E-state index in [0.717, 1.165) is 37.7 Å². The Morgan fingerprint density at radius 1 is 1.03 bits per heavy atom. The first-order valence-corrected chi connectivity index (χ1v) is 12.1. The van der Waals surface area contributed by atoms with Gasteiger partial charge in [0.1, 0.15) is 5.82 Å². The molecule has 0 saturated carbocycles. The van der Waals surface area contributed by atoms with Gasteiger partial charge < -0.3 is 15.0 Å². The predicted octanol–water partition coefficient (Wildman–Crippen LogP) is 2.59. The number of ether oxygens (including phenoxy) is 1. The number of sulfonamides is 1. The summed E-state index contributed by atoms with van der Waals surface area (Å²) in [5, 5.41) is 2.82. The van der Waals surface area contributed by atoms with Crippen LogP contribution in [0.5, 0.6) is 0 Å². The van der Waals surface area contributed by atoms with E-state index < -0.39 is 10.0 Å². The number of amides is 1. The third kappa shape index (κ3) is 5.06. The van der Waals surface area contributed by atoms with Crippen LogP contribution in [0.4, 0.5) is 11.5 Å². The lowest BCUT2D eigenvalue weighted by molar-refractivity contribution is 0.0730. The largest absolute Gasteiger partial charge is 0.379 e. The number of hydrogen-bond donors (Lipinski definition) is 1. The minimum Gasteiger partial charge on any atom is -0.379 e. The van der Waals surface area contributed by atoms with Crippen molar-refractivity contribution in [3.05, 3.63) is 48.2 Å². The van der Waals surface area contributed by atoms with E-state index in [0.29, 0.717) is 37.6 Å². The first kappa shape index (κ1) is 21.7. The minimum absolute atomic E-state index is 0.174. The van der Waals surface area contributed by atoms with Gasteiger partial charge in [0, 0.05) is 31.7 Å². The highest BCUT2D eigenvalue weighted by Gasteiger charge is 2.26. The van der Waals surface area contributed by atoms with Crippen molar-refractivity contribution in [2.75, 3.05) is 49.6 Å². The van der Waals surface area contributed by atoms with Crippen LogP contribution in [0.25, 0.3) is 0 Å². The monoisotopic (exact) mass is 444 g/mol. The summed E-state index contributed by atoms with van der Waals surface area (Å²) in [5.74, 6) is 1.37. The third-order valence-electron chi connectivity index (χ3n) is 5.84. The van der Waals surface area contributed by atoms with Crippen molar-refractivity contribution in [1.29, 1.82) is 0 Å². The van der Waals surface area contributed by atoms with Crippen molar-refractivity contribution in [2.45, 2.75) is 24.7 Å². The molecule has 0 unspecified atom stereocenters. The van der Waals surface area contributed by atoms with E-state index in [2.05, 4.69) is 22.1 Å². The average molecular weight is 445 g/mol. The highest BCUT2D eigenvalue weighted by Crippen LogP contribution is 2.23. The molecule has 0 spiro atoms. The molecule has 31 heavy (non-hydrogen) atoms. The fourth-order valence-corrected chi connectivity index (χ4v) is 5.21. The second kappa shape index (κ2) is 9.33. The molecule has 1 N–H and O–H groups in total. The number of hydrogen-bond acceptors (Lipinski definition) is 6. The van der Waals surface area contributed by atoms with Crippen molar-refractivity contribution < 1.29 is 17.9 Å². The lowest BCUT2D eigenvalue weighted by atomic mass is 9.99. The van der Waals surface area contributed by atoms with E-state index in [1.807, 2.05) is 12.1 Å². The topological polar surface area (TPSA) is 91.8 Å². The summed E-state index contributed by atoms with van der Waals surface area (Å²) in [5.41, 5.74) is 0.985. The summed E-state index contributed by atoms with van der Waals surface area (Å²) >= 11 is 0. The summed E-state index contributed by atoms with van der Waals surface area (Å²) in [6, 6.07) is 9.76. The molecule has 1 aromatic heterocycles. The number of pyridine rings is 1. The number of nitrogens with zero attached hydrogens (tertiary/aromatic N) is 3. The molecule has 1 aromatic carbocycles. The van der Waals surface area contributed by atoms with E-state index in [4.69, 9.17) is 4.74 Å². The van der Waals surface area contributed by atoms with Gasteiger partial charge in [-0.25, -0.2) is 13.4 Å². The lowest BCUT2D eigenvalue weighted by Crippen LogP contribution is -2.40. The van der Waals surface area contributed by atoms with Gasteiger partial charge in [0.25, 0.3) is 5.91 Å².